The number of tetrazole rings is 1. The highest BCUT2D eigenvalue weighted by Gasteiger charge is 2.15. The van der Waals surface area contributed by atoms with Crippen molar-refractivity contribution in [1.82, 2.24) is 20.2 Å². The summed E-state index contributed by atoms with van der Waals surface area (Å²) < 4.78 is 26.9. The van der Waals surface area contributed by atoms with Crippen molar-refractivity contribution in [1.29, 1.82) is 0 Å². The Labute approximate surface area is 180 Å². The van der Waals surface area contributed by atoms with Gasteiger partial charge in [0.2, 0.25) is 5.91 Å². The predicted octanol–water partition coefficient (Wildman–Crippen LogP) is 3.76. The number of methoxy groups -OCH3 is 1. The highest BCUT2D eigenvalue weighted by Crippen LogP contribution is 2.36. The largest absolute Gasteiger partial charge is 0.495 e. The fourth-order valence-electron chi connectivity index (χ4n) is 3.46. The summed E-state index contributed by atoms with van der Waals surface area (Å²) in [5.41, 5.74) is 2.51. The first kappa shape index (κ1) is 19.5. The van der Waals surface area contributed by atoms with E-state index in [-0.39, 0.29) is 18.1 Å². The number of nitrogens with zero attached hydrogens (tertiary/aromatic N) is 4. The van der Waals surface area contributed by atoms with Crippen LogP contribution >= 0.6 is 0 Å². The third-order valence-corrected chi connectivity index (χ3v) is 4.98. The first-order valence-corrected chi connectivity index (χ1v) is 9.68. The SMILES string of the molecule is COc1cc2c(cc1NC(=O)CNc1cc(-n3cnnn3)ccc1F)oc1ccccc12. The predicted molar refractivity (Wildman–Crippen MR) is 117 cm³/mol. The highest BCUT2D eigenvalue weighted by molar-refractivity contribution is 6.08. The maximum Gasteiger partial charge on any atom is 0.243 e. The molecular formula is C22H17FN6O3. The molecule has 0 aliphatic rings. The maximum absolute atomic E-state index is 14.2. The summed E-state index contributed by atoms with van der Waals surface area (Å²) in [7, 11) is 1.53. The number of carbonyl (C=O) groups excluding carboxylic acids is 1. The molecule has 0 aliphatic carbocycles. The van der Waals surface area contributed by atoms with Crippen LogP contribution in [0.15, 0.2) is 65.3 Å². The molecule has 0 unspecified atom stereocenters. The van der Waals surface area contributed by atoms with Crippen molar-refractivity contribution in [3.05, 3.63) is 66.7 Å². The number of nitrogens with one attached hydrogen (secondary N) is 2. The number of rotatable bonds is 6. The number of ether oxygens (including phenoxy) is 1. The van der Waals surface area contributed by atoms with Crippen molar-refractivity contribution in [2.45, 2.75) is 0 Å². The lowest BCUT2D eigenvalue weighted by atomic mass is 10.1. The number of fused-ring (bicyclic) bond motifs is 3. The lowest BCUT2D eigenvalue weighted by molar-refractivity contribution is -0.114. The molecule has 0 bridgehead atoms. The summed E-state index contributed by atoms with van der Waals surface area (Å²) in [5, 5.41) is 18.3. The van der Waals surface area contributed by atoms with Crippen molar-refractivity contribution in [3.8, 4) is 11.4 Å². The molecule has 0 saturated carbocycles. The molecule has 3 aromatic carbocycles. The van der Waals surface area contributed by atoms with Gasteiger partial charge < -0.3 is 19.8 Å². The van der Waals surface area contributed by atoms with Crippen molar-refractivity contribution in [2.24, 2.45) is 0 Å². The van der Waals surface area contributed by atoms with Gasteiger partial charge in [0.05, 0.1) is 30.7 Å². The smallest absolute Gasteiger partial charge is 0.243 e. The fraction of sp³-hybridized carbons (Fsp3) is 0.0909. The number of carbonyl (C=O) groups is 1. The zero-order valence-corrected chi connectivity index (χ0v) is 16.9. The Morgan fingerprint density at radius 3 is 2.78 bits per heavy atom. The van der Waals surface area contributed by atoms with Crippen LogP contribution in [0, 0.1) is 5.82 Å². The Hall–Kier alpha value is -4.47. The van der Waals surface area contributed by atoms with E-state index in [1.165, 1.54) is 36.3 Å². The third kappa shape index (κ3) is 3.58. The van der Waals surface area contributed by atoms with Gasteiger partial charge in [0, 0.05) is 16.8 Å². The molecule has 5 rings (SSSR count). The number of anilines is 2. The Kier molecular flexibility index (Phi) is 4.86. The highest BCUT2D eigenvalue weighted by atomic mass is 19.1. The van der Waals surface area contributed by atoms with Crippen molar-refractivity contribution >= 4 is 39.2 Å². The van der Waals surface area contributed by atoms with E-state index >= 15 is 0 Å². The summed E-state index contributed by atoms with van der Waals surface area (Å²) in [4.78, 5) is 12.6. The van der Waals surface area contributed by atoms with Crippen LogP contribution in [-0.2, 0) is 4.79 Å². The molecule has 32 heavy (non-hydrogen) atoms. The van der Waals surface area contributed by atoms with E-state index in [0.29, 0.717) is 22.7 Å². The summed E-state index contributed by atoms with van der Waals surface area (Å²) in [6, 6.07) is 15.5. The Bertz CT molecular complexity index is 1430. The van der Waals surface area contributed by atoms with Crippen LogP contribution in [0.5, 0.6) is 5.75 Å². The number of benzene rings is 3. The number of furan rings is 1. The Morgan fingerprint density at radius 1 is 1.09 bits per heavy atom. The van der Waals surface area contributed by atoms with E-state index in [2.05, 4.69) is 26.2 Å². The van der Waals surface area contributed by atoms with Crippen LogP contribution in [0.25, 0.3) is 27.6 Å². The molecule has 5 aromatic rings. The van der Waals surface area contributed by atoms with Gasteiger partial charge in [0.25, 0.3) is 0 Å². The van der Waals surface area contributed by atoms with Gasteiger partial charge in [-0.15, -0.1) is 5.10 Å². The molecule has 0 spiro atoms. The summed E-state index contributed by atoms with van der Waals surface area (Å²) in [6.07, 6.45) is 1.39. The van der Waals surface area contributed by atoms with E-state index in [0.717, 1.165) is 16.4 Å². The van der Waals surface area contributed by atoms with Crippen LogP contribution in [0.3, 0.4) is 0 Å². The molecule has 10 heteroatoms. The Morgan fingerprint density at radius 2 is 1.97 bits per heavy atom. The zero-order valence-electron chi connectivity index (χ0n) is 16.9. The standard InChI is InChI=1S/C22H17FN6O3/c1-31-21-9-15-14-4-2-3-5-19(14)32-20(15)10-18(21)26-22(30)11-24-17-8-13(6-7-16(17)23)29-12-25-27-28-29/h2-10,12,24H,11H2,1H3,(H,26,30). The molecule has 0 atom stereocenters. The monoisotopic (exact) mass is 432 g/mol. The number of para-hydroxylation sites is 1. The van der Waals surface area contributed by atoms with E-state index in [1.807, 2.05) is 30.3 Å². The number of halogens is 1. The second kappa shape index (κ2) is 7.99. The minimum atomic E-state index is -0.504. The summed E-state index contributed by atoms with van der Waals surface area (Å²) in [5.74, 6) is -0.397. The van der Waals surface area contributed by atoms with Crippen LogP contribution in [-0.4, -0.2) is 39.8 Å². The number of aromatic nitrogens is 4. The molecule has 2 aromatic heterocycles. The molecule has 160 valence electrons. The van der Waals surface area contributed by atoms with Gasteiger partial charge in [-0.2, -0.15) is 0 Å². The fourth-order valence-corrected chi connectivity index (χ4v) is 3.46. The molecule has 1 amide bonds. The zero-order chi connectivity index (χ0) is 22.1. The minimum Gasteiger partial charge on any atom is -0.495 e. The van der Waals surface area contributed by atoms with Gasteiger partial charge in [-0.1, -0.05) is 18.2 Å². The first-order valence-electron chi connectivity index (χ1n) is 9.68. The molecule has 0 fully saturated rings. The minimum absolute atomic E-state index is 0.146. The van der Waals surface area contributed by atoms with Gasteiger partial charge in [0.15, 0.2) is 0 Å². The first-order chi connectivity index (χ1) is 15.6. The third-order valence-electron chi connectivity index (χ3n) is 4.98. The topological polar surface area (TPSA) is 107 Å². The van der Waals surface area contributed by atoms with Crippen molar-refractivity contribution < 1.29 is 18.3 Å². The van der Waals surface area contributed by atoms with E-state index in [4.69, 9.17) is 9.15 Å². The number of hydrogen-bond acceptors (Lipinski definition) is 7. The normalized spacial score (nSPS) is 11.1. The van der Waals surface area contributed by atoms with Gasteiger partial charge in [-0.05, 0) is 40.8 Å². The maximum atomic E-state index is 14.2. The van der Waals surface area contributed by atoms with E-state index in [9.17, 15) is 9.18 Å². The van der Waals surface area contributed by atoms with Crippen LogP contribution < -0.4 is 15.4 Å². The summed E-state index contributed by atoms with van der Waals surface area (Å²) in [6.45, 7) is -0.169. The molecular weight excluding hydrogens is 415 g/mol. The molecule has 2 N–H and O–H groups in total. The van der Waals surface area contributed by atoms with E-state index in [1.54, 1.807) is 6.07 Å². The second-order valence-electron chi connectivity index (χ2n) is 6.97. The van der Waals surface area contributed by atoms with Gasteiger partial charge in [-0.3, -0.25) is 4.79 Å². The van der Waals surface area contributed by atoms with Crippen LogP contribution in [0.4, 0.5) is 15.8 Å². The lowest BCUT2D eigenvalue weighted by Crippen LogP contribution is -2.22. The van der Waals surface area contributed by atoms with Crippen molar-refractivity contribution in [2.75, 3.05) is 24.3 Å². The average Bonchev–Trinajstić information content (AvgIpc) is 3.46. The van der Waals surface area contributed by atoms with Crippen LogP contribution in [0.2, 0.25) is 0 Å². The molecule has 9 nitrogen and oxygen atoms in total. The average molecular weight is 432 g/mol. The summed E-state index contributed by atoms with van der Waals surface area (Å²) >= 11 is 0. The van der Waals surface area contributed by atoms with Gasteiger partial charge >= 0.3 is 0 Å². The molecule has 0 radical (unpaired) electrons. The van der Waals surface area contributed by atoms with Gasteiger partial charge in [-0.25, -0.2) is 9.07 Å². The van der Waals surface area contributed by atoms with Crippen molar-refractivity contribution in [3.63, 3.8) is 0 Å². The molecule has 2 heterocycles. The Balaban J connectivity index is 1.35. The lowest BCUT2D eigenvalue weighted by Gasteiger charge is -2.12. The second-order valence-corrected chi connectivity index (χ2v) is 6.97. The quantitative estimate of drug-likeness (QED) is 0.421. The molecule has 0 aliphatic heterocycles. The molecule has 0 saturated heterocycles. The number of amides is 1. The van der Waals surface area contributed by atoms with Crippen LogP contribution in [0.1, 0.15) is 0 Å². The van der Waals surface area contributed by atoms with Gasteiger partial charge in [0.1, 0.15) is 29.1 Å². The van der Waals surface area contributed by atoms with E-state index < -0.39 is 5.82 Å². The number of hydrogen-bond donors (Lipinski definition) is 2.